The minimum absolute atomic E-state index is 0.296. The first-order chi connectivity index (χ1) is 15.8. The van der Waals surface area contributed by atoms with E-state index < -0.39 is 9.84 Å². The second-order valence-corrected chi connectivity index (χ2v) is 11.0. The van der Waals surface area contributed by atoms with Crippen LogP contribution in [0, 0.1) is 6.92 Å². The van der Waals surface area contributed by atoms with Gasteiger partial charge >= 0.3 is 0 Å². The van der Waals surface area contributed by atoms with Crippen molar-refractivity contribution < 1.29 is 13.2 Å². The molecule has 0 atom stereocenters. The van der Waals surface area contributed by atoms with Crippen LogP contribution in [0.5, 0.6) is 0 Å². The second-order valence-electron chi connectivity index (χ2n) is 7.98. The zero-order valence-electron chi connectivity index (χ0n) is 18.3. The summed E-state index contributed by atoms with van der Waals surface area (Å²) in [6, 6.07) is 10.6. The number of pyridine rings is 1. The molecule has 8 nitrogen and oxygen atoms in total. The third-order valence-electron chi connectivity index (χ3n) is 5.63. The highest BCUT2D eigenvalue weighted by atomic mass is 32.2. The summed E-state index contributed by atoms with van der Waals surface area (Å²) in [6.07, 6.45) is 2.90. The number of fused-ring (bicyclic) bond motifs is 1. The van der Waals surface area contributed by atoms with Gasteiger partial charge in [-0.3, -0.25) is 0 Å². The fourth-order valence-corrected chi connectivity index (χ4v) is 5.80. The van der Waals surface area contributed by atoms with Gasteiger partial charge in [-0.15, -0.1) is 11.3 Å². The number of hydrogen-bond donors (Lipinski definition) is 1. The van der Waals surface area contributed by atoms with Crippen molar-refractivity contribution in [3.63, 3.8) is 0 Å². The second kappa shape index (κ2) is 8.36. The van der Waals surface area contributed by atoms with Crippen molar-refractivity contribution in [2.75, 3.05) is 43.2 Å². The number of aromatic nitrogens is 3. The molecule has 33 heavy (non-hydrogen) atoms. The highest BCUT2D eigenvalue weighted by Gasteiger charge is 2.23. The summed E-state index contributed by atoms with van der Waals surface area (Å²) in [5.74, 6) is 1.87. The minimum atomic E-state index is -3.31. The molecule has 0 bridgehead atoms. The number of ether oxygens (including phenoxy) is 1. The summed E-state index contributed by atoms with van der Waals surface area (Å²) in [6.45, 7) is 4.76. The molecule has 0 spiro atoms. The van der Waals surface area contributed by atoms with Crippen molar-refractivity contribution in [3.05, 3.63) is 48.2 Å². The lowest BCUT2D eigenvalue weighted by atomic mass is 10.1. The van der Waals surface area contributed by atoms with Crippen LogP contribution in [0.25, 0.3) is 32.0 Å². The molecular weight excluding hydrogens is 458 g/mol. The molecule has 1 saturated heterocycles. The molecule has 0 radical (unpaired) electrons. The molecule has 2 N–H and O–H groups in total. The lowest BCUT2D eigenvalue weighted by molar-refractivity contribution is 0.122. The van der Waals surface area contributed by atoms with Crippen LogP contribution in [-0.2, 0) is 14.6 Å². The topological polar surface area (TPSA) is 111 Å². The molecule has 0 aliphatic carbocycles. The molecule has 0 amide bonds. The largest absolute Gasteiger partial charge is 0.384 e. The molecule has 170 valence electrons. The SMILES string of the molecule is Cc1c(-c2cccc(S(C)(=O)=O)c2)sc2c(N3CCOCC3)nc(-c3ccc(N)nc3)nc12. The molecule has 0 unspecified atom stereocenters. The molecule has 10 heteroatoms. The number of aryl methyl sites for hydroxylation is 1. The third-order valence-corrected chi connectivity index (χ3v) is 8.06. The van der Waals surface area contributed by atoms with Gasteiger partial charge in [-0.1, -0.05) is 12.1 Å². The van der Waals surface area contributed by atoms with Gasteiger partial charge in [0.15, 0.2) is 21.5 Å². The van der Waals surface area contributed by atoms with Gasteiger partial charge in [0.05, 0.1) is 28.3 Å². The van der Waals surface area contributed by atoms with E-state index >= 15 is 0 Å². The lowest BCUT2D eigenvalue weighted by Crippen LogP contribution is -2.36. The van der Waals surface area contributed by atoms with E-state index in [-0.39, 0.29) is 0 Å². The number of thiophene rings is 1. The fourth-order valence-electron chi connectivity index (χ4n) is 3.87. The summed E-state index contributed by atoms with van der Waals surface area (Å²) >= 11 is 1.59. The van der Waals surface area contributed by atoms with E-state index in [0.29, 0.717) is 29.8 Å². The predicted molar refractivity (Wildman–Crippen MR) is 131 cm³/mol. The van der Waals surface area contributed by atoms with Gasteiger partial charge in [0.25, 0.3) is 0 Å². The Morgan fingerprint density at radius 3 is 2.58 bits per heavy atom. The molecule has 4 heterocycles. The fraction of sp³-hybridized carbons (Fsp3) is 0.261. The lowest BCUT2D eigenvalue weighted by Gasteiger charge is -2.28. The molecule has 1 aromatic carbocycles. The number of sulfone groups is 1. The Kier molecular flexibility index (Phi) is 5.51. The number of anilines is 2. The monoisotopic (exact) mass is 481 g/mol. The van der Waals surface area contributed by atoms with E-state index in [0.717, 1.165) is 50.7 Å². The first kappa shape index (κ1) is 21.7. The number of benzene rings is 1. The van der Waals surface area contributed by atoms with Crippen LogP contribution in [0.2, 0.25) is 0 Å². The molecule has 5 rings (SSSR count). The quantitative estimate of drug-likeness (QED) is 0.471. The van der Waals surface area contributed by atoms with Gasteiger partial charge in [-0.05, 0) is 42.3 Å². The summed E-state index contributed by atoms with van der Waals surface area (Å²) in [5, 5.41) is 0. The Morgan fingerprint density at radius 1 is 1.09 bits per heavy atom. The van der Waals surface area contributed by atoms with E-state index in [1.54, 1.807) is 41.8 Å². The molecule has 1 fully saturated rings. The zero-order valence-corrected chi connectivity index (χ0v) is 19.9. The summed E-state index contributed by atoms with van der Waals surface area (Å²) in [4.78, 5) is 17.5. The van der Waals surface area contributed by atoms with E-state index in [2.05, 4.69) is 9.88 Å². The van der Waals surface area contributed by atoms with Gasteiger partial charge in [-0.25, -0.2) is 23.4 Å². The molecular formula is C23H23N5O3S2. The molecule has 1 aliphatic rings. The number of nitrogens with zero attached hydrogens (tertiary/aromatic N) is 4. The Balaban J connectivity index is 1.73. The molecule has 4 aromatic rings. The van der Waals surface area contributed by atoms with Crippen molar-refractivity contribution in [1.29, 1.82) is 0 Å². The van der Waals surface area contributed by atoms with Crippen LogP contribution < -0.4 is 10.6 Å². The highest BCUT2D eigenvalue weighted by Crippen LogP contribution is 2.42. The standard InChI is InChI=1S/C23H23N5O3S2/c1-14-19-21(32-20(14)15-4-3-5-17(12-15)33(2,29)30)23(28-8-10-31-11-9-28)27-22(26-19)16-6-7-18(24)25-13-16/h3-7,12-13H,8-11H2,1-2H3,(H2,24,25). The summed E-state index contributed by atoms with van der Waals surface area (Å²) in [5.41, 5.74) is 9.23. The third kappa shape index (κ3) is 4.17. The maximum atomic E-state index is 12.1. The number of nitrogen functional groups attached to an aromatic ring is 1. The maximum Gasteiger partial charge on any atom is 0.175 e. The smallest absolute Gasteiger partial charge is 0.175 e. The summed E-state index contributed by atoms with van der Waals surface area (Å²) in [7, 11) is -3.31. The Bertz CT molecular complexity index is 1440. The number of hydrogen-bond acceptors (Lipinski definition) is 9. The van der Waals surface area contributed by atoms with E-state index in [9.17, 15) is 8.42 Å². The first-order valence-electron chi connectivity index (χ1n) is 10.5. The first-order valence-corrected chi connectivity index (χ1v) is 13.2. The summed E-state index contributed by atoms with van der Waals surface area (Å²) < 4.78 is 30.7. The van der Waals surface area contributed by atoms with E-state index in [1.165, 1.54) is 6.26 Å². The van der Waals surface area contributed by atoms with Gasteiger partial charge in [0, 0.05) is 36.0 Å². The number of rotatable bonds is 4. The van der Waals surface area contributed by atoms with Crippen LogP contribution >= 0.6 is 11.3 Å². The van der Waals surface area contributed by atoms with E-state index in [4.69, 9.17) is 20.4 Å². The van der Waals surface area contributed by atoms with Crippen molar-refractivity contribution >= 4 is 43.0 Å². The predicted octanol–water partition coefficient (Wildman–Crippen LogP) is 3.55. The van der Waals surface area contributed by atoms with Gasteiger partial charge in [-0.2, -0.15) is 0 Å². The minimum Gasteiger partial charge on any atom is -0.384 e. The van der Waals surface area contributed by atoms with Crippen LogP contribution in [0.1, 0.15) is 5.56 Å². The Labute approximate surface area is 196 Å². The van der Waals surface area contributed by atoms with Crippen LogP contribution in [0.3, 0.4) is 0 Å². The van der Waals surface area contributed by atoms with Crippen LogP contribution in [0.15, 0.2) is 47.5 Å². The van der Waals surface area contributed by atoms with Crippen molar-refractivity contribution in [2.24, 2.45) is 0 Å². The Morgan fingerprint density at radius 2 is 1.88 bits per heavy atom. The van der Waals surface area contributed by atoms with Crippen LogP contribution in [-0.4, -0.2) is 55.9 Å². The van der Waals surface area contributed by atoms with Gasteiger partial charge in [0.1, 0.15) is 5.82 Å². The van der Waals surface area contributed by atoms with Crippen LogP contribution in [0.4, 0.5) is 11.6 Å². The van der Waals surface area contributed by atoms with Crippen molar-refractivity contribution in [2.45, 2.75) is 11.8 Å². The van der Waals surface area contributed by atoms with Crippen molar-refractivity contribution in [3.8, 4) is 21.8 Å². The average Bonchev–Trinajstić information content (AvgIpc) is 3.15. The van der Waals surface area contributed by atoms with Crippen molar-refractivity contribution in [1.82, 2.24) is 15.0 Å². The maximum absolute atomic E-state index is 12.1. The van der Waals surface area contributed by atoms with Gasteiger partial charge < -0.3 is 15.4 Å². The zero-order chi connectivity index (χ0) is 23.2. The molecule has 0 saturated carbocycles. The number of morpholine rings is 1. The normalized spacial score (nSPS) is 14.7. The van der Waals surface area contributed by atoms with E-state index in [1.807, 2.05) is 19.1 Å². The highest BCUT2D eigenvalue weighted by molar-refractivity contribution is 7.90. The van der Waals surface area contributed by atoms with Gasteiger partial charge in [0.2, 0.25) is 0 Å². The Hall–Kier alpha value is -3.08. The molecule has 3 aromatic heterocycles. The number of nitrogens with two attached hydrogens (primary N) is 1. The average molecular weight is 482 g/mol. The molecule has 1 aliphatic heterocycles.